The molecule has 8 aromatic rings. The minimum absolute atomic E-state index is 0. The Morgan fingerprint density at radius 3 is 2.07 bits per heavy atom. The SMILES string of the molecule is [2H]c1nc(-c2[c-]c(-c3cccc4c3nc(-c3cc(C)cc(C(C)(C)C)c3O)n4-c3ccc(C([2H])([2H])[2H])cc3-c3ccccc3)cc(C(C)(C)C)c2)c([2H])c(-c2c([2H])c([2H])c(C(C([2H])([2H])[2H])(C([2H])([2H])[2H])C([2H])([2H])[2H])c([2H])c2[2H])c1[2H].[Pt]. The topological polar surface area (TPSA) is 50.9 Å². The van der Waals surface area contributed by atoms with Gasteiger partial charge in [-0.2, -0.15) is 0 Å². The Balaban J connectivity index is 0.00000924. The van der Waals surface area contributed by atoms with E-state index in [1.165, 1.54) is 6.07 Å². The Morgan fingerprint density at radius 1 is 0.656 bits per heavy atom. The molecule has 1 N–H and O–H groups in total. The fraction of sp³-hybridized carbons (Fsp3) is 0.250. The number of benzene rings is 6. The van der Waals surface area contributed by atoms with Crippen LogP contribution in [0.15, 0.2) is 133 Å². The summed E-state index contributed by atoms with van der Waals surface area (Å²) in [7, 11) is 0. The predicted molar refractivity (Wildman–Crippen MR) is 252 cm³/mol. The third-order valence-electron chi connectivity index (χ3n) is 10.4. The number of phenolic OH excluding ortho intramolecular Hbond substituents is 1. The van der Waals surface area contributed by atoms with E-state index >= 15 is 0 Å². The molecule has 312 valence electrons. The number of hydrogen-bond acceptors (Lipinski definition) is 3. The monoisotopic (exact) mass is 1000 g/mol. The minimum atomic E-state index is -3.94. The number of aromatic hydroxyl groups is 1. The molecular formula is C56H56N3OPt-. The van der Waals surface area contributed by atoms with E-state index in [1.807, 2.05) is 108 Å². The summed E-state index contributed by atoms with van der Waals surface area (Å²) in [6, 6.07) is 23.7. The van der Waals surface area contributed by atoms with E-state index in [4.69, 9.17) is 29.7 Å². The van der Waals surface area contributed by atoms with Crippen LogP contribution in [0.2, 0.25) is 0 Å². The van der Waals surface area contributed by atoms with E-state index in [0.717, 1.165) is 5.56 Å². The molecule has 0 radical (unpaired) electrons. The molecule has 0 spiro atoms. The van der Waals surface area contributed by atoms with Gasteiger partial charge in [0.1, 0.15) is 11.6 Å². The molecular weight excluding hydrogens is 926 g/mol. The van der Waals surface area contributed by atoms with Crippen LogP contribution in [0.25, 0.3) is 72.7 Å². The van der Waals surface area contributed by atoms with Crippen molar-refractivity contribution in [1.82, 2.24) is 14.5 Å². The van der Waals surface area contributed by atoms with Crippen molar-refractivity contribution in [2.45, 2.75) is 92.1 Å². The third-order valence-corrected chi connectivity index (χ3v) is 10.4. The van der Waals surface area contributed by atoms with Crippen LogP contribution in [0, 0.1) is 19.8 Å². The molecule has 0 aliphatic carbocycles. The van der Waals surface area contributed by atoms with E-state index in [-0.39, 0.29) is 43.6 Å². The largest absolute Gasteiger partial charge is 0.507 e. The summed E-state index contributed by atoms with van der Waals surface area (Å²) in [5, 5.41) is 12.3. The van der Waals surface area contributed by atoms with E-state index < -0.39 is 103 Å². The van der Waals surface area contributed by atoms with Crippen LogP contribution >= 0.6 is 0 Å². The van der Waals surface area contributed by atoms with Crippen LogP contribution in [0.5, 0.6) is 5.75 Å². The van der Waals surface area contributed by atoms with Gasteiger partial charge in [-0.15, -0.1) is 29.3 Å². The maximum atomic E-state index is 12.3. The first-order valence-corrected chi connectivity index (χ1v) is 19.5. The molecule has 61 heavy (non-hydrogen) atoms. The number of imidazole rings is 1. The molecule has 4 nitrogen and oxygen atoms in total. The first-order valence-electron chi connectivity index (χ1n) is 29.0. The summed E-state index contributed by atoms with van der Waals surface area (Å²) in [5.41, 5.74) is -1.96. The van der Waals surface area contributed by atoms with Crippen molar-refractivity contribution in [3.05, 3.63) is 167 Å². The van der Waals surface area contributed by atoms with Crippen molar-refractivity contribution in [2.75, 3.05) is 0 Å². The summed E-state index contributed by atoms with van der Waals surface area (Å²) in [6.07, 6.45) is -0.781. The normalized spacial score (nSPS) is 17.5. The second kappa shape index (κ2) is 16.4. The van der Waals surface area contributed by atoms with Crippen LogP contribution in [0.3, 0.4) is 0 Å². The number of aromatic nitrogens is 3. The molecule has 0 amide bonds. The molecule has 2 aromatic heterocycles. The number of para-hydroxylation sites is 1. The van der Waals surface area contributed by atoms with Gasteiger partial charge in [0, 0.05) is 60.5 Å². The molecule has 0 fully saturated rings. The van der Waals surface area contributed by atoms with Gasteiger partial charge in [-0.1, -0.05) is 164 Å². The smallest absolute Gasteiger partial charge is 0.148 e. The van der Waals surface area contributed by atoms with Crippen molar-refractivity contribution < 1.29 is 52.2 Å². The maximum Gasteiger partial charge on any atom is 0.148 e. The Morgan fingerprint density at radius 2 is 1.38 bits per heavy atom. The molecule has 0 saturated heterocycles. The van der Waals surface area contributed by atoms with Crippen LogP contribution in [-0.4, -0.2) is 19.6 Å². The Labute approximate surface area is 403 Å². The van der Waals surface area contributed by atoms with Gasteiger partial charge in [0.2, 0.25) is 0 Å². The second-order valence-corrected chi connectivity index (χ2v) is 17.1. The number of phenols is 1. The summed E-state index contributed by atoms with van der Waals surface area (Å²) in [4.78, 5) is 9.69. The fourth-order valence-corrected chi connectivity index (χ4v) is 7.31. The van der Waals surface area contributed by atoms with E-state index in [2.05, 4.69) is 11.1 Å². The van der Waals surface area contributed by atoms with Crippen molar-refractivity contribution in [1.29, 1.82) is 0 Å². The Hall–Kier alpha value is -5.57. The first kappa shape index (κ1) is 25.4. The Bertz CT molecular complexity index is 3690. The minimum Gasteiger partial charge on any atom is -0.507 e. The average Bonchev–Trinajstić information content (AvgIpc) is 3.73. The van der Waals surface area contributed by atoms with Crippen molar-refractivity contribution in [3.8, 4) is 67.5 Å². The molecule has 0 saturated carbocycles. The van der Waals surface area contributed by atoms with Gasteiger partial charge >= 0.3 is 0 Å². The van der Waals surface area contributed by atoms with Gasteiger partial charge in [0.15, 0.2) is 0 Å². The van der Waals surface area contributed by atoms with Gasteiger partial charge in [0.25, 0.3) is 0 Å². The zero-order valence-corrected chi connectivity index (χ0v) is 37.0. The van der Waals surface area contributed by atoms with E-state index in [1.54, 1.807) is 30.3 Å². The average molecular weight is 1000 g/mol. The number of nitrogens with zero attached hydrogens (tertiary/aromatic N) is 3. The third kappa shape index (κ3) is 8.66. The summed E-state index contributed by atoms with van der Waals surface area (Å²) in [5.74, 6) is 0.293. The molecule has 0 aliphatic heterocycles. The second-order valence-electron chi connectivity index (χ2n) is 17.1. The fourth-order valence-electron chi connectivity index (χ4n) is 7.31. The number of hydrogen-bond donors (Lipinski definition) is 1. The van der Waals surface area contributed by atoms with E-state index in [9.17, 15) is 6.48 Å². The van der Waals surface area contributed by atoms with Crippen LogP contribution in [-0.2, 0) is 37.3 Å². The van der Waals surface area contributed by atoms with Gasteiger partial charge in [0.05, 0.1) is 31.9 Å². The molecule has 5 heteroatoms. The van der Waals surface area contributed by atoms with Gasteiger partial charge in [-0.3, -0.25) is 9.55 Å². The molecule has 6 aromatic carbocycles. The molecule has 8 rings (SSSR count). The zero-order valence-electron chi connectivity index (χ0n) is 53.8. The van der Waals surface area contributed by atoms with Crippen molar-refractivity contribution >= 4 is 11.0 Å². The summed E-state index contributed by atoms with van der Waals surface area (Å²) >= 11 is 0. The quantitative estimate of drug-likeness (QED) is 0.169. The number of aryl methyl sites for hydroxylation is 2. The van der Waals surface area contributed by atoms with Gasteiger partial charge in [-0.05, 0) is 88.1 Å². The number of pyridine rings is 1. The molecule has 0 unspecified atom stereocenters. The van der Waals surface area contributed by atoms with Crippen molar-refractivity contribution in [2.24, 2.45) is 0 Å². The molecule has 0 bridgehead atoms. The van der Waals surface area contributed by atoms with Gasteiger partial charge < -0.3 is 5.11 Å². The predicted octanol–water partition coefficient (Wildman–Crippen LogP) is 14.8. The Kier molecular flexibility index (Phi) is 6.81. The number of fused-ring (bicyclic) bond motifs is 1. The van der Waals surface area contributed by atoms with Crippen molar-refractivity contribution in [3.63, 3.8) is 0 Å². The summed E-state index contributed by atoms with van der Waals surface area (Å²) < 4.78 is 165. The maximum absolute atomic E-state index is 12.3. The van der Waals surface area contributed by atoms with E-state index in [0.29, 0.717) is 61.5 Å². The van der Waals surface area contributed by atoms with Gasteiger partial charge in [-0.25, -0.2) is 4.98 Å². The standard InChI is InChI=1S/C56H56N3O.Pt/c1-35-20-25-49(45(28-35)38-16-13-12-14-17-38)59-50-19-15-18-44(51(50)58-53(59)46-29-36(2)30-47(52(46)60)56(9,10)11)40-31-41(33-43(32-40)55(6,7)8)48-34-39(26-27-57-48)37-21-23-42(24-22-37)54(3,4)5;/h12-30,32-34,60H,1-11H3;/q-1;/i1D3,3D3,4D3,5D3,21D,22D,23D,24D,26D,27D,34D;. The molecule has 0 atom stereocenters. The van der Waals surface area contributed by atoms with Crippen LogP contribution in [0.4, 0.5) is 0 Å². The van der Waals surface area contributed by atoms with Crippen LogP contribution in [0.1, 0.15) is 116 Å². The van der Waals surface area contributed by atoms with Crippen LogP contribution < -0.4 is 0 Å². The summed E-state index contributed by atoms with van der Waals surface area (Å²) in [6.45, 7) is -0.652. The number of rotatable bonds is 6. The first-order chi connectivity index (χ1) is 36.2. The zero-order chi connectivity index (χ0) is 58.8. The molecule has 2 heterocycles. The molecule has 0 aliphatic rings.